The van der Waals surface area contributed by atoms with Crippen molar-refractivity contribution < 1.29 is 9.59 Å². The van der Waals surface area contributed by atoms with Crippen LogP contribution in [0.1, 0.15) is 33.2 Å². The van der Waals surface area contributed by atoms with E-state index < -0.39 is 0 Å². The molecule has 0 saturated heterocycles. The molecular formula is C20H18N4O2. The minimum atomic E-state index is -0.266. The molecule has 0 saturated carbocycles. The van der Waals surface area contributed by atoms with Crippen LogP contribution in [0.3, 0.4) is 0 Å². The molecule has 3 aromatic rings. The SMILES string of the molecule is CC(=O)c1ccc(NC(=O)c2cncc(NCc3cccnc3)c2)cc1. The number of nitrogens with zero attached hydrogens (tertiary/aromatic N) is 2. The molecule has 2 heterocycles. The van der Waals surface area contributed by atoms with Gasteiger partial charge in [-0.1, -0.05) is 6.07 Å². The molecule has 2 N–H and O–H groups in total. The van der Waals surface area contributed by atoms with Crippen molar-refractivity contribution in [1.82, 2.24) is 9.97 Å². The fourth-order valence-electron chi connectivity index (χ4n) is 2.36. The molecule has 1 aromatic carbocycles. The third-order valence-corrected chi connectivity index (χ3v) is 3.77. The smallest absolute Gasteiger partial charge is 0.257 e. The number of ketones is 1. The largest absolute Gasteiger partial charge is 0.380 e. The quantitative estimate of drug-likeness (QED) is 0.667. The van der Waals surface area contributed by atoms with Crippen LogP contribution in [0.15, 0.2) is 67.3 Å². The van der Waals surface area contributed by atoms with Crippen molar-refractivity contribution in [2.24, 2.45) is 0 Å². The van der Waals surface area contributed by atoms with Crippen LogP contribution in [0.25, 0.3) is 0 Å². The van der Waals surface area contributed by atoms with E-state index >= 15 is 0 Å². The molecule has 0 bridgehead atoms. The highest BCUT2D eigenvalue weighted by molar-refractivity contribution is 6.04. The summed E-state index contributed by atoms with van der Waals surface area (Å²) >= 11 is 0. The molecule has 0 fully saturated rings. The average Bonchev–Trinajstić information content (AvgIpc) is 2.68. The van der Waals surface area contributed by atoms with E-state index in [1.54, 1.807) is 48.9 Å². The first-order valence-electron chi connectivity index (χ1n) is 8.12. The lowest BCUT2D eigenvalue weighted by Gasteiger charge is -2.09. The minimum absolute atomic E-state index is 0.0144. The Hall–Kier alpha value is -3.54. The van der Waals surface area contributed by atoms with E-state index in [4.69, 9.17) is 0 Å². The van der Waals surface area contributed by atoms with Crippen LogP contribution in [0.5, 0.6) is 0 Å². The van der Waals surface area contributed by atoms with Crippen LogP contribution in [0.2, 0.25) is 0 Å². The van der Waals surface area contributed by atoms with Gasteiger partial charge in [0.2, 0.25) is 0 Å². The van der Waals surface area contributed by atoms with E-state index in [0.29, 0.717) is 23.4 Å². The topological polar surface area (TPSA) is 84.0 Å². The second-order valence-corrected chi connectivity index (χ2v) is 5.76. The molecule has 3 rings (SSSR count). The summed E-state index contributed by atoms with van der Waals surface area (Å²) in [4.78, 5) is 31.9. The first kappa shape index (κ1) is 17.3. The molecule has 26 heavy (non-hydrogen) atoms. The zero-order valence-corrected chi connectivity index (χ0v) is 14.3. The van der Waals surface area contributed by atoms with E-state index in [0.717, 1.165) is 11.3 Å². The van der Waals surface area contributed by atoms with Crippen LogP contribution >= 0.6 is 0 Å². The number of rotatable bonds is 6. The zero-order valence-electron chi connectivity index (χ0n) is 14.3. The first-order chi connectivity index (χ1) is 12.6. The van der Waals surface area contributed by atoms with Crippen molar-refractivity contribution in [3.8, 4) is 0 Å². The molecule has 0 atom stereocenters. The van der Waals surface area contributed by atoms with Gasteiger partial charge in [0.15, 0.2) is 5.78 Å². The minimum Gasteiger partial charge on any atom is -0.380 e. The van der Waals surface area contributed by atoms with Gasteiger partial charge in [-0.25, -0.2) is 0 Å². The molecule has 0 spiro atoms. The van der Waals surface area contributed by atoms with E-state index in [9.17, 15) is 9.59 Å². The number of Topliss-reactive ketones (excluding diaryl/α,β-unsaturated/α-hetero) is 1. The number of carbonyl (C=O) groups is 2. The van der Waals surface area contributed by atoms with Crippen molar-refractivity contribution in [3.63, 3.8) is 0 Å². The lowest BCUT2D eigenvalue weighted by atomic mass is 10.1. The summed E-state index contributed by atoms with van der Waals surface area (Å²) in [6.45, 7) is 2.09. The molecule has 6 nitrogen and oxygen atoms in total. The number of hydrogen-bond donors (Lipinski definition) is 2. The van der Waals surface area contributed by atoms with Gasteiger partial charge in [-0.2, -0.15) is 0 Å². The second kappa shape index (κ2) is 8.02. The summed E-state index contributed by atoms with van der Waals surface area (Å²) in [7, 11) is 0. The van der Waals surface area contributed by atoms with Gasteiger partial charge in [0.1, 0.15) is 0 Å². The predicted molar refractivity (Wildman–Crippen MR) is 100 cm³/mol. The zero-order chi connectivity index (χ0) is 18.4. The standard InChI is InChI=1S/C20H18N4O2/c1-14(25)16-4-6-18(7-5-16)24-20(26)17-9-19(13-22-12-17)23-11-15-3-2-8-21-10-15/h2-10,12-13,23H,11H2,1H3,(H,24,26). The molecular weight excluding hydrogens is 328 g/mol. The van der Waals surface area contributed by atoms with Gasteiger partial charge < -0.3 is 10.6 Å². The van der Waals surface area contributed by atoms with Crippen molar-refractivity contribution in [2.45, 2.75) is 13.5 Å². The monoisotopic (exact) mass is 346 g/mol. The summed E-state index contributed by atoms with van der Waals surface area (Å²) in [5.41, 5.74) is 3.44. The third-order valence-electron chi connectivity index (χ3n) is 3.77. The fraction of sp³-hybridized carbons (Fsp3) is 0.100. The number of anilines is 2. The van der Waals surface area contributed by atoms with Crippen molar-refractivity contribution in [3.05, 3.63) is 83.9 Å². The number of hydrogen-bond acceptors (Lipinski definition) is 5. The van der Waals surface area contributed by atoms with Crippen LogP contribution < -0.4 is 10.6 Å². The van der Waals surface area contributed by atoms with Crippen molar-refractivity contribution in [1.29, 1.82) is 0 Å². The Labute approximate surface area is 151 Å². The molecule has 130 valence electrons. The van der Waals surface area contributed by atoms with Gasteiger partial charge in [-0.3, -0.25) is 19.6 Å². The Morgan fingerprint density at radius 2 is 1.73 bits per heavy atom. The Bertz CT molecular complexity index is 909. The molecule has 1 amide bonds. The van der Waals surface area contributed by atoms with Gasteiger partial charge in [-0.05, 0) is 48.9 Å². The molecule has 0 unspecified atom stereocenters. The molecule has 2 aromatic heterocycles. The molecule has 6 heteroatoms. The lowest BCUT2D eigenvalue weighted by Crippen LogP contribution is -2.13. The van der Waals surface area contributed by atoms with E-state index in [-0.39, 0.29) is 11.7 Å². The summed E-state index contributed by atoms with van der Waals surface area (Å²) in [5.74, 6) is -0.280. The molecule has 0 aliphatic rings. The molecule has 0 aliphatic heterocycles. The van der Waals surface area contributed by atoms with E-state index in [1.165, 1.54) is 13.1 Å². The van der Waals surface area contributed by atoms with Gasteiger partial charge in [0.05, 0.1) is 11.3 Å². The normalized spacial score (nSPS) is 10.2. The predicted octanol–water partition coefficient (Wildman–Crippen LogP) is 3.54. The Morgan fingerprint density at radius 1 is 0.923 bits per heavy atom. The summed E-state index contributed by atoms with van der Waals surface area (Å²) in [5, 5.41) is 6.02. The number of benzene rings is 1. The van der Waals surface area contributed by atoms with Crippen LogP contribution in [-0.2, 0) is 6.54 Å². The van der Waals surface area contributed by atoms with Crippen LogP contribution in [-0.4, -0.2) is 21.7 Å². The Morgan fingerprint density at radius 3 is 2.42 bits per heavy atom. The van der Waals surface area contributed by atoms with Gasteiger partial charge >= 0.3 is 0 Å². The molecule has 0 radical (unpaired) electrons. The maximum atomic E-state index is 12.4. The van der Waals surface area contributed by atoms with Crippen molar-refractivity contribution >= 4 is 23.1 Å². The van der Waals surface area contributed by atoms with Gasteiger partial charge in [0, 0.05) is 42.6 Å². The second-order valence-electron chi connectivity index (χ2n) is 5.76. The highest BCUT2D eigenvalue weighted by Crippen LogP contribution is 2.14. The van der Waals surface area contributed by atoms with E-state index in [2.05, 4.69) is 20.6 Å². The van der Waals surface area contributed by atoms with Gasteiger partial charge in [-0.15, -0.1) is 0 Å². The summed E-state index contributed by atoms with van der Waals surface area (Å²) in [6, 6.07) is 12.3. The molecule has 0 aliphatic carbocycles. The Kier molecular flexibility index (Phi) is 5.34. The average molecular weight is 346 g/mol. The van der Waals surface area contributed by atoms with Crippen LogP contribution in [0, 0.1) is 0 Å². The lowest BCUT2D eigenvalue weighted by molar-refractivity contribution is 0.101. The number of amides is 1. The number of aromatic nitrogens is 2. The summed E-state index contributed by atoms with van der Waals surface area (Å²) < 4.78 is 0. The highest BCUT2D eigenvalue weighted by atomic mass is 16.1. The number of pyridine rings is 2. The first-order valence-corrected chi connectivity index (χ1v) is 8.12. The number of nitrogens with one attached hydrogen (secondary N) is 2. The third kappa shape index (κ3) is 4.51. The van der Waals surface area contributed by atoms with E-state index in [1.807, 2.05) is 12.1 Å². The highest BCUT2D eigenvalue weighted by Gasteiger charge is 2.08. The Balaban J connectivity index is 1.65. The maximum absolute atomic E-state index is 12.4. The fourth-order valence-corrected chi connectivity index (χ4v) is 2.36. The summed E-state index contributed by atoms with van der Waals surface area (Å²) in [6.07, 6.45) is 6.67. The van der Waals surface area contributed by atoms with Crippen LogP contribution in [0.4, 0.5) is 11.4 Å². The maximum Gasteiger partial charge on any atom is 0.257 e. The van der Waals surface area contributed by atoms with Gasteiger partial charge in [0.25, 0.3) is 5.91 Å². The number of carbonyl (C=O) groups excluding carboxylic acids is 2. The van der Waals surface area contributed by atoms with Crippen molar-refractivity contribution in [2.75, 3.05) is 10.6 Å².